The van der Waals surface area contributed by atoms with Gasteiger partial charge in [0.25, 0.3) is 0 Å². The Kier molecular flexibility index (Phi) is 11.0. The average Bonchev–Trinajstić information content (AvgIpc) is 2.63. The highest BCUT2D eigenvalue weighted by molar-refractivity contribution is 5.80. The van der Waals surface area contributed by atoms with Gasteiger partial charge < -0.3 is 10.4 Å². The number of rotatable bonds is 11. The fourth-order valence-corrected chi connectivity index (χ4v) is 5.26. The average molecular weight is 380 g/mol. The molecule has 3 heteroatoms. The Morgan fingerprint density at radius 3 is 2.30 bits per heavy atom. The van der Waals surface area contributed by atoms with Gasteiger partial charge in [-0.05, 0) is 43.9 Å². The third-order valence-electron chi connectivity index (χ3n) is 7.01. The zero-order valence-corrected chi connectivity index (χ0v) is 18.1. The Morgan fingerprint density at radius 2 is 1.56 bits per heavy atom. The summed E-state index contributed by atoms with van der Waals surface area (Å²) in [6.07, 6.45) is 17.8. The van der Waals surface area contributed by atoms with E-state index < -0.39 is 0 Å². The summed E-state index contributed by atoms with van der Waals surface area (Å²) < 4.78 is 0. The van der Waals surface area contributed by atoms with Crippen LogP contribution < -0.4 is 5.32 Å². The number of ketones is 1. The van der Waals surface area contributed by atoms with Gasteiger partial charge in [-0.3, -0.25) is 4.79 Å². The van der Waals surface area contributed by atoms with Crippen LogP contribution in [0.1, 0.15) is 110 Å². The number of unbranched alkanes of at least 4 members (excludes halogenated alkanes) is 3. The van der Waals surface area contributed by atoms with Crippen molar-refractivity contribution in [2.75, 3.05) is 6.54 Å². The van der Waals surface area contributed by atoms with Crippen LogP contribution in [0, 0.1) is 17.8 Å². The zero-order chi connectivity index (χ0) is 19.5. The van der Waals surface area contributed by atoms with Crippen molar-refractivity contribution in [3.05, 3.63) is 0 Å². The fourth-order valence-electron chi connectivity index (χ4n) is 5.26. The van der Waals surface area contributed by atoms with Gasteiger partial charge in [0.2, 0.25) is 0 Å². The van der Waals surface area contributed by atoms with Crippen LogP contribution in [0.3, 0.4) is 0 Å². The molecule has 0 aliphatic heterocycles. The van der Waals surface area contributed by atoms with Gasteiger partial charge in [0.05, 0.1) is 6.10 Å². The number of Topliss-reactive ketones (excluding diaryl/α,β-unsaturated/α-hetero) is 1. The molecule has 2 N–H and O–H groups in total. The minimum Gasteiger partial charge on any atom is -0.392 e. The van der Waals surface area contributed by atoms with Gasteiger partial charge in [0.1, 0.15) is 5.78 Å². The maximum atomic E-state index is 12.7. The molecule has 0 spiro atoms. The van der Waals surface area contributed by atoms with E-state index in [0.29, 0.717) is 24.3 Å². The number of aliphatic hydroxyl groups excluding tert-OH is 1. The van der Waals surface area contributed by atoms with Crippen molar-refractivity contribution < 1.29 is 9.90 Å². The first-order valence-corrected chi connectivity index (χ1v) is 12.0. The molecule has 2 rings (SSSR count). The van der Waals surface area contributed by atoms with Crippen LogP contribution in [0.15, 0.2) is 0 Å². The van der Waals surface area contributed by atoms with Gasteiger partial charge in [-0.15, -0.1) is 0 Å². The van der Waals surface area contributed by atoms with Crippen LogP contribution >= 0.6 is 0 Å². The zero-order valence-electron chi connectivity index (χ0n) is 18.1. The summed E-state index contributed by atoms with van der Waals surface area (Å²) in [7, 11) is 0. The summed E-state index contributed by atoms with van der Waals surface area (Å²) >= 11 is 0. The van der Waals surface area contributed by atoms with E-state index in [1.54, 1.807) is 0 Å². The monoisotopic (exact) mass is 379 g/mol. The molecular formula is C24H45NO2. The second-order valence-corrected chi connectivity index (χ2v) is 9.65. The van der Waals surface area contributed by atoms with Crippen molar-refractivity contribution in [2.24, 2.45) is 17.8 Å². The van der Waals surface area contributed by atoms with Gasteiger partial charge >= 0.3 is 0 Å². The predicted molar refractivity (Wildman–Crippen MR) is 114 cm³/mol. The lowest BCUT2D eigenvalue weighted by atomic mass is 9.71. The molecular weight excluding hydrogens is 334 g/mol. The van der Waals surface area contributed by atoms with E-state index >= 15 is 0 Å². The molecule has 0 aromatic rings. The Morgan fingerprint density at radius 1 is 0.889 bits per heavy atom. The lowest BCUT2D eigenvalue weighted by Crippen LogP contribution is -2.31. The summed E-state index contributed by atoms with van der Waals surface area (Å²) in [5.41, 5.74) is 0. The van der Waals surface area contributed by atoms with E-state index in [0.717, 1.165) is 63.2 Å². The molecule has 3 nitrogen and oxygen atoms in total. The molecule has 0 radical (unpaired) electrons. The normalized spacial score (nSPS) is 27.6. The SMILES string of the molecule is CC(C)NCC(O)CCCCCCC(=O)C1CCCC2CCCCC2CC1. The topological polar surface area (TPSA) is 49.3 Å². The van der Waals surface area contributed by atoms with Crippen molar-refractivity contribution in [1.82, 2.24) is 5.32 Å². The van der Waals surface area contributed by atoms with E-state index in [9.17, 15) is 9.90 Å². The van der Waals surface area contributed by atoms with Crippen LogP contribution in [0.25, 0.3) is 0 Å². The summed E-state index contributed by atoms with van der Waals surface area (Å²) in [5, 5.41) is 13.2. The fraction of sp³-hybridized carbons (Fsp3) is 0.958. The van der Waals surface area contributed by atoms with Crippen molar-refractivity contribution in [2.45, 2.75) is 122 Å². The highest BCUT2D eigenvalue weighted by atomic mass is 16.3. The third kappa shape index (κ3) is 9.09. The second-order valence-electron chi connectivity index (χ2n) is 9.65. The Balaban J connectivity index is 1.53. The molecule has 0 amide bonds. The van der Waals surface area contributed by atoms with Crippen LogP contribution in [0.5, 0.6) is 0 Å². The second kappa shape index (κ2) is 12.9. The number of nitrogens with one attached hydrogen (secondary N) is 1. The largest absolute Gasteiger partial charge is 0.392 e. The molecule has 0 heterocycles. The third-order valence-corrected chi connectivity index (χ3v) is 7.01. The minimum absolute atomic E-state index is 0.229. The van der Waals surface area contributed by atoms with Crippen LogP contribution in [-0.2, 0) is 4.79 Å². The number of aliphatic hydroxyl groups is 1. The van der Waals surface area contributed by atoms with Crippen molar-refractivity contribution in [3.8, 4) is 0 Å². The summed E-state index contributed by atoms with van der Waals surface area (Å²) in [6.45, 7) is 4.90. The number of fused-ring (bicyclic) bond motifs is 1. The predicted octanol–water partition coefficient (Wildman–Crippen LogP) is 5.64. The van der Waals surface area contributed by atoms with Gasteiger partial charge in [0.15, 0.2) is 0 Å². The first kappa shape index (κ1) is 22.9. The van der Waals surface area contributed by atoms with Crippen LogP contribution in [-0.4, -0.2) is 29.6 Å². The van der Waals surface area contributed by atoms with Gasteiger partial charge in [-0.25, -0.2) is 0 Å². The van der Waals surface area contributed by atoms with Crippen molar-refractivity contribution >= 4 is 5.78 Å². The maximum absolute atomic E-state index is 12.7. The van der Waals surface area contributed by atoms with E-state index in [-0.39, 0.29) is 6.10 Å². The molecule has 158 valence electrons. The van der Waals surface area contributed by atoms with E-state index in [1.807, 2.05) is 0 Å². The van der Waals surface area contributed by atoms with Crippen LogP contribution in [0.2, 0.25) is 0 Å². The molecule has 2 aliphatic carbocycles. The minimum atomic E-state index is -0.229. The van der Waals surface area contributed by atoms with E-state index in [4.69, 9.17) is 0 Å². The molecule has 0 aromatic carbocycles. The molecule has 2 saturated carbocycles. The highest BCUT2D eigenvalue weighted by Crippen LogP contribution is 2.40. The number of hydrogen-bond donors (Lipinski definition) is 2. The van der Waals surface area contributed by atoms with Gasteiger partial charge in [-0.2, -0.15) is 0 Å². The molecule has 0 saturated heterocycles. The first-order valence-electron chi connectivity index (χ1n) is 12.0. The van der Waals surface area contributed by atoms with Crippen LogP contribution in [0.4, 0.5) is 0 Å². The molecule has 27 heavy (non-hydrogen) atoms. The number of hydrogen-bond acceptors (Lipinski definition) is 3. The Labute approximate surface area is 168 Å². The Bertz CT molecular complexity index is 409. The van der Waals surface area contributed by atoms with Gasteiger partial charge in [-0.1, -0.05) is 71.6 Å². The maximum Gasteiger partial charge on any atom is 0.135 e. The summed E-state index contributed by atoms with van der Waals surface area (Å²) in [4.78, 5) is 12.7. The number of carbonyl (C=O) groups is 1. The standard InChI is InChI=1S/C24H45NO2/c1-19(2)25-18-23(26)14-5-3-4-6-15-24(27)22-13-9-12-20-10-7-8-11-21(20)16-17-22/h19-23,25-26H,3-18H2,1-2H3. The molecule has 2 fully saturated rings. The first-order chi connectivity index (χ1) is 13.1. The van der Waals surface area contributed by atoms with E-state index in [1.165, 1.54) is 44.9 Å². The summed E-state index contributed by atoms with van der Waals surface area (Å²) in [5.74, 6) is 2.80. The molecule has 4 unspecified atom stereocenters. The van der Waals surface area contributed by atoms with E-state index in [2.05, 4.69) is 19.2 Å². The van der Waals surface area contributed by atoms with Gasteiger partial charge in [0, 0.05) is 24.9 Å². The smallest absolute Gasteiger partial charge is 0.135 e. The molecule has 2 aliphatic rings. The quantitative estimate of drug-likeness (QED) is 0.457. The lowest BCUT2D eigenvalue weighted by Gasteiger charge is -2.35. The lowest BCUT2D eigenvalue weighted by molar-refractivity contribution is -0.123. The molecule has 0 bridgehead atoms. The molecule has 0 aromatic heterocycles. The summed E-state index contributed by atoms with van der Waals surface area (Å²) in [6, 6.07) is 0.433. The number of carbonyl (C=O) groups excluding carboxylic acids is 1. The highest BCUT2D eigenvalue weighted by Gasteiger charge is 2.29. The Hall–Kier alpha value is -0.410. The molecule has 4 atom stereocenters. The van der Waals surface area contributed by atoms with Crippen molar-refractivity contribution in [3.63, 3.8) is 0 Å². The van der Waals surface area contributed by atoms with Crippen molar-refractivity contribution in [1.29, 1.82) is 0 Å².